The number of halogens is 2. The number of rotatable bonds is 3. The Kier molecular flexibility index (Phi) is 3.62. The van der Waals surface area contributed by atoms with Gasteiger partial charge in [-0.1, -0.05) is 35.3 Å². The van der Waals surface area contributed by atoms with Gasteiger partial charge in [0.25, 0.3) is 0 Å². The van der Waals surface area contributed by atoms with E-state index in [1.54, 1.807) is 24.3 Å². The predicted octanol–water partition coefficient (Wildman–Crippen LogP) is 4.10. The summed E-state index contributed by atoms with van der Waals surface area (Å²) in [6.07, 6.45) is 0.672. The molecule has 0 aliphatic carbocycles. The van der Waals surface area contributed by atoms with E-state index in [1.807, 2.05) is 0 Å². The Morgan fingerprint density at radius 3 is 2.59 bits per heavy atom. The summed E-state index contributed by atoms with van der Waals surface area (Å²) in [5.74, 6) is -0.234. The van der Waals surface area contributed by atoms with Crippen molar-refractivity contribution in [3.8, 4) is 0 Å². The Morgan fingerprint density at radius 2 is 2.00 bits per heavy atom. The lowest BCUT2D eigenvalue weighted by atomic mass is 10.1. The first kappa shape index (κ1) is 12.3. The van der Waals surface area contributed by atoms with Crippen LogP contribution in [-0.4, -0.2) is 12.1 Å². The fourth-order valence-corrected chi connectivity index (χ4v) is 2.68. The molecule has 0 atom stereocenters. The number of carbonyl (C=O) groups is 2. The molecule has 0 saturated heterocycles. The van der Waals surface area contributed by atoms with Crippen molar-refractivity contribution in [1.82, 2.24) is 0 Å². The third-order valence-corrected chi connectivity index (χ3v) is 3.67. The largest absolute Gasteiger partial charge is 0.297 e. The van der Waals surface area contributed by atoms with E-state index in [0.29, 0.717) is 31.6 Å². The summed E-state index contributed by atoms with van der Waals surface area (Å²) < 4.78 is 0.317. The molecule has 17 heavy (non-hydrogen) atoms. The summed E-state index contributed by atoms with van der Waals surface area (Å²) in [6, 6.07) is 8.09. The molecule has 0 N–H and O–H groups in total. The molecule has 0 unspecified atom stereocenters. The number of hydrogen-bond acceptors (Lipinski definition) is 3. The molecule has 0 aliphatic rings. The fraction of sp³-hybridized carbons (Fsp3) is 0. The summed E-state index contributed by atoms with van der Waals surface area (Å²) in [5, 5.41) is 0.484. The smallest absolute Gasteiger partial charge is 0.195 e. The zero-order valence-electron chi connectivity index (χ0n) is 8.44. The molecular formula is C12H6Cl2O2S. The Hall–Kier alpha value is -1.16. The molecular weight excluding hydrogens is 279 g/mol. The lowest BCUT2D eigenvalue weighted by Gasteiger charge is -1.99. The van der Waals surface area contributed by atoms with Crippen molar-refractivity contribution in [3.05, 3.63) is 55.7 Å². The summed E-state index contributed by atoms with van der Waals surface area (Å²) in [5.41, 5.74) is 0.788. The van der Waals surface area contributed by atoms with E-state index < -0.39 is 0 Å². The standard InChI is InChI=1S/C12H6Cl2O2S/c13-8-3-1-2-7(4-8)11(16)10-5-9(6-15)17-12(10)14/h1-6H. The second kappa shape index (κ2) is 5.00. The topological polar surface area (TPSA) is 34.1 Å². The van der Waals surface area contributed by atoms with Crippen LogP contribution in [0.1, 0.15) is 25.6 Å². The molecule has 0 bridgehead atoms. The van der Waals surface area contributed by atoms with Gasteiger partial charge in [0.1, 0.15) is 4.34 Å². The van der Waals surface area contributed by atoms with Gasteiger partial charge in [-0.15, -0.1) is 11.3 Å². The van der Waals surface area contributed by atoms with Gasteiger partial charge in [0.2, 0.25) is 0 Å². The van der Waals surface area contributed by atoms with Crippen LogP contribution in [0.3, 0.4) is 0 Å². The highest BCUT2D eigenvalue weighted by Gasteiger charge is 2.16. The highest BCUT2D eigenvalue weighted by Crippen LogP contribution is 2.29. The number of aldehydes is 1. The van der Waals surface area contributed by atoms with Gasteiger partial charge in [0.05, 0.1) is 10.4 Å². The van der Waals surface area contributed by atoms with Crippen LogP contribution in [0.15, 0.2) is 30.3 Å². The SMILES string of the molecule is O=Cc1cc(C(=O)c2cccc(Cl)c2)c(Cl)s1. The maximum atomic E-state index is 12.1. The molecule has 0 radical (unpaired) electrons. The van der Waals surface area contributed by atoms with Crippen LogP contribution in [-0.2, 0) is 0 Å². The normalized spacial score (nSPS) is 10.2. The zero-order valence-corrected chi connectivity index (χ0v) is 10.8. The molecule has 2 nitrogen and oxygen atoms in total. The maximum Gasteiger partial charge on any atom is 0.195 e. The summed E-state index contributed by atoms with van der Waals surface area (Å²) in [4.78, 5) is 23.1. The average molecular weight is 285 g/mol. The molecule has 1 aromatic carbocycles. The van der Waals surface area contributed by atoms with Crippen molar-refractivity contribution < 1.29 is 9.59 Å². The second-order valence-electron chi connectivity index (χ2n) is 3.29. The van der Waals surface area contributed by atoms with Crippen LogP contribution >= 0.6 is 34.5 Å². The zero-order chi connectivity index (χ0) is 12.4. The van der Waals surface area contributed by atoms with Gasteiger partial charge in [-0.25, -0.2) is 0 Å². The Morgan fingerprint density at radius 1 is 1.24 bits per heavy atom. The van der Waals surface area contributed by atoms with Crippen LogP contribution < -0.4 is 0 Å². The number of thiophene rings is 1. The predicted molar refractivity (Wildman–Crippen MR) is 69.6 cm³/mol. The third kappa shape index (κ3) is 2.57. The molecule has 0 spiro atoms. The summed E-state index contributed by atoms with van der Waals surface area (Å²) in [6.45, 7) is 0. The van der Waals surface area contributed by atoms with E-state index in [9.17, 15) is 9.59 Å². The van der Waals surface area contributed by atoms with Gasteiger partial charge in [-0.2, -0.15) is 0 Å². The first-order valence-electron chi connectivity index (χ1n) is 4.66. The first-order valence-corrected chi connectivity index (χ1v) is 6.24. The quantitative estimate of drug-likeness (QED) is 0.628. The van der Waals surface area contributed by atoms with Gasteiger partial charge < -0.3 is 0 Å². The Balaban J connectivity index is 2.43. The van der Waals surface area contributed by atoms with Crippen molar-refractivity contribution in [2.75, 3.05) is 0 Å². The van der Waals surface area contributed by atoms with Gasteiger partial charge in [-0.05, 0) is 18.2 Å². The molecule has 0 amide bonds. The van der Waals surface area contributed by atoms with Crippen LogP contribution in [0.5, 0.6) is 0 Å². The Labute approximate surface area is 112 Å². The van der Waals surface area contributed by atoms with E-state index in [1.165, 1.54) is 6.07 Å². The number of ketones is 1. The second-order valence-corrected chi connectivity index (χ2v) is 5.42. The highest BCUT2D eigenvalue weighted by atomic mass is 35.5. The molecule has 0 aliphatic heterocycles. The first-order chi connectivity index (χ1) is 8.11. The minimum Gasteiger partial charge on any atom is -0.297 e. The van der Waals surface area contributed by atoms with Crippen LogP contribution in [0.2, 0.25) is 9.36 Å². The van der Waals surface area contributed by atoms with E-state index in [0.717, 1.165) is 11.3 Å². The number of benzene rings is 1. The highest BCUT2D eigenvalue weighted by molar-refractivity contribution is 7.18. The molecule has 86 valence electrons. The fourth-order valence-electron chi connectivity index (χ4n) is 1.39. The minimum atomic E-state index is -0.234. The van der Waals surface area contributed by atoms with Crippen LogP contribution in [0.4, 0.5) is 0 Å². The van der Waals surface area contributed by atoms with Crippen molar-refractivity contribution in [1.29, 1.82) is 0 Å². The van der Waals surface area contributed by atoms with Crippen LogP contribution in [0, 0.1) is 0 Å². The van der Waals surface area contributed by atoms with E-state index >= 15 is 0 Å². The molecule has 5 heteroatoms. The van der Waals surface area contributed by atoms with Crippen molar-refractivity contribution in [3.63, 3.8) is 0 Å². The molecule has 0 saturated carbocycles. The van der Waals surface area contributed by atoms with Gasteiger partial charge >= 0.3 is 0 Å². The third-order valence-electron chi connectivity index (χ3n) is 2.15. The van der Waals surface area contributed by atoms with Crippen molar-refractivity contribution >= 4 is 46.6 Å². The van der Waals surface area contributed by atoms with E-state index in [-0.39, 0.29) is 5.78 Å². The summed E-state index contributed by atoms with van der Waals surface area (Å²) in [7, 11) is 0. The number of carbonyl (C=O) groups excluding carboxylic acids is 2. The van der Waals surface area contributed by atoms with Crippen LogP contribution in [0.25, 0.3) is 0 Å². The minimum absolute atomic E-state index is 0.234. The van der Waals surface area contributed by atoms with Gasteiger partial charge in [0, 0.05) is 10.6 Å². The molecule has 1 heterocycles. The number of hydrogen-bond donors (Lipinski definition) is 0. The lowest BCUT2D eigenvalue weighted by Crippen LogP contribution is -1.99. The summed E-state index contributed by atoms with van der Waals surface area (Å²) >= 11 is 12.8. The van der Waals surface area contributed by atoms with E-state index in [4.69, 9.17) is 23.2 Å². The molecule has 2 aromatic rings. The van der Waals surface area contributed by atoms with Gasteiger partial charge in [-0.3, -0.25) is 9.59 Å². The monoisotopic (exact) mass is 284 g/mol. The average Bonchev–Trinajstić information content (AvgIpc) is 2.69. The Bertz CT molecular complexity index is 590. The molecule has 1 aromatic heterocycles. The van der Waals surface area contributed by atoms with Gasteiger partial charge in [0.15, 0.2) is 12.1 Å². The van der Waals surface area contributed by atoms with Crippen molar-refractivity contribution in [2.24, 2.45) is 0 Å². The molecule has 2 rings (SSSR count). The maximum absolute atomic E-state index is 12.1. The molecule has 0 fully saturated rings. The lowest BCUT2D eigenvalue weighted by molar-refractivity contribution is 0.103. The van der Waals surface area contributed by atoms with Crippen molar-refractivity contribution in [2.45, 2.75) is 0 Å². The van der Waals surface area contributed by atoms with E-state index in [2.05, 4.69) is 0 Å².